The van der Waals surface area contributed by atoms with Crippen LogP contribution >= 0.6 is 11.6 Å². The molecular weight excluding hydrogens is 229 g/mol. The van der Waals surface area contributed by atoms with Crippen LogP contribution in [0, 0.1) is 5.82 Å². The molecule has 0 fully saturated rings. The maximum atomic E-state index is 12.8. The number of hydrogen-bond donors (Lipinski definition) is 1. The van der Waals surface area contributed by atoms with Gasteiger partial charge in [0.05, 0.1) is 0 Å². The molecule has 0 saturated carbocycles. The fraction of sp³-hybridized carbons (Fsp3) is 0.417. The van der Waals surface area contributed by atoms with Gasteiger partial charge in [0.15, 0.2) is 0 Å². The second-order valence-electron chi connectivity index (χ2n) is 3.97. The first-order valence-electron chi connectivity index (χ1n) is 5.20. The van der Waals surface area contributed by atoms with E-state index in [1.165, 1.54) is 12.1 Å². The molecule has 0 aliphatic rings. The number of carbonyl (C=O) groups excluding carboxylic acids is 1. The maximum absolute atomic E-state index is 12.8. The van der Waals surface area contributed by atoms with Gasteiger partial charge >= 0.3 is 0 Å². The van der Waals surface area contributed by atoms with Gasteiger partial charge in [0.2, 0.25) is 0 Å². The summed E-state index contributed by atoms with van der Waals surface area (Å²) < 4.78 is 12.8. The monoisotopic (exact) mass is 243 g/mol. The zero-order valence-electron chi connectivity index (χ0n) is 9.17. The minimum absolute atomic E-state index is 0.0210. The molecule has 0 saturated heterocycles. The van der Waals surface area contributed by atoms with Crippen LogP contribution in [0.15, 0.2) is 18.2 Å². The molecule has 0 aliphatic heterocycles. The molecule has 0 bridgehead atoms. The summed E-state index contributed by atoms with van der Waals surface area (Å²) in [5.74, 6) is -0.317. The molecule has 0 radical (unpaired) electrons. The second-order valence-corrected chi connectivity index (χ2v) is 4.37. The Labute approximate surface area is 99.6 Å². The van der Waals surface area contributed by atoms with Crippen molar-refractivity contribution >= 4 is 17.4 Å². The van der Waals surface area contributed by atoms with Crippen LogP contribution in [0.2, 0.25) is 5.02 Å². The van der Waals surface area contributed by atoms with Gasteiger partial charge in [-0.15, -0.1) is 0 Å². The Morgan fingerprint density at radius 2 is 2.25 bits per heavy atom. The molecule has 0 heterocycles. The van der Waals surface area contributed by atoms with Gasteiger partial charge in [0.1, 0.15) is 11.6 Å². The van der Waals surface area contributed by atoms with Gasteiger partial charge in [-0.3, -0.25) is 4.79 Å². The molecule has 2 nitrogen and oxygen atoms in total. The van der Waals surface area contributed by atoms with Crippen molar-refractivity contribution in [2.45, 2.75) is 32.2 Å². The molecule has 0 aromatic heterocycles. The Morgan fingerprint density at radius 1 is 1.56 bits per heavy atom. The van der Waals surface area contributed by atoms with E-state index in [1.807, 2.05) is 6.92 Å². The van der Waals surface area contributed by atoms with Crippen LogP contribution in [-0.2, 0) is 11.2 Å². The molecule has 1 aromatic rings. The SMILES string of the molecule is CC(N)CCC(=O)Cc1ccc(F)cc1Cl. The third-order valence-electron chi connectivity index (χ3n) is 2.28. The summed E-state index contributed by atoms with van der Waals surface area (Å²) in [5, 5.41) is 0.300. The Hall–Kier alpha value is -0.930. The van der Waals surface area contributed by atoms with E-state index in [4.69, 9.17) is 17.3 Å². The fourth-order valence-corrected chi connectivity index (χ4v) is 1.59. The van der Waals surface area contributed by atoms with Gasteiger partial charge in [-0.05, 0) is 31.0 Å². The van der Waals surface area contributed by atoms with Crippen LogP contribution in [0.4, 0.5) is 4.39 Å². The highest BCUT2D eigenvalue weighted by Gasteiger charge is 2.08. The van der Waals surface area contributed by atoms with Crippen molar-refractivity contribution in [2.75, 3.05) is 0 Å². The van der Waals surface area contributed by atoms with Crippen LogP contribution < -0.4 is 5.73 Å². The summed E-state index contributed by atoms with van der Waals surface area (Å²) >= 11 is 5.82. The van der Waals surface area contributed by atoms with Crippen molar-refractivity contribution in [1.29, 1.82) is 0 Å². The van der Waals surface area contributed by atoms with Crippen LogP contribution in [0.1, 0.15) is 25.3 Å². The highest BCUT2D eigenvalue weighted by Crippen LogP contribution is 2.18. The normalized spacial score (nSPS) is 12.5. The topological polar surface area (TPSA) is 43.1 Å². The molecule has 1 unspecified atom stereocenters. The number of benzene rings is 1. The van der Waals surface area contributed by atoms with Gasteiger partial charge in [-0.2, -0.15) is 0 Å². The molecule has 1 atom stereocenters. The van der Waals surface area contributed by atoms with E-state index in [0.29, 0.717) is 23.4 Å². The number of hydrogen-bond acceptors (Lipinski definition) is 2. The predicted molar refractivity (Wildman–Crippen MR) is 63.0 cm³/mol. The lowest BCUT2D eigenvalue weighted by Gasteiger charge is -2.05. The zero-order valence-corrected chi connectivity index (χ0v) is 9.93. The first-order valence-corrected chi connectivity index (χ1v) is 5.58. The third-order valence-corrected chi connectivity index (χ3v) is 2.63. The van der Waals surface area contributed by atoms with E-state index >= 15 is 0 Å². The highest BCUT2D eigenvalue weighted by atomic mass is 35.5. The van der Waals surface area contributed by atoms with Gasteiger partial charge in [-0.25, -0.2) is 4.39 Å². The highest BCUT2D eigenvalue weighted by molar-refractivity contribution is 6.31. The number of carbonyl (C=O) groups is 1. The largest absolute Gasteiger partial charge is 0.328 e. The van der Waals surface area contributed by atoms with Crippen LogP contribution in [-0.4, -0.2) is 11.8 Å². The standard InChI is InChI=1S/C12H15ClFNO/c1-8(15)2-5-11(16)6-9-3-4-10(14)7-12(9)13/h3-4,7-8H,2,5-6,15H2,1H3. The summed E-state index contributed by atoms with van der Waals surface area (Å²) in [6.45, 7) is 1.86. The minimum atomic E-state index is -0.392. The first-order chi connectivity index (χ1) is 7.49. The van der Waals surface area contributed by atoms with Gasteiger partial charge in [-0.1, -0.05) is 17.7 Å². The van der Waals surface area contributed by atoms with E-state index in [9.17, 15) is 9.18 Å². The average Bonchev–Trinajstić information content (AvgIpc) is 2.19. The molecule has 1 rings (SSSR count). The number of ketones is 1. The number of rotatable bonds is 5. The molecular formula is C12H15ClFNO. The lowest BCUT2D eigenvalue weighted by atomic mass is 10.0. The number of halogens is 2. The van der Waals surface area contributed by atoms with Gasteiger partial charge < -0.3 is 5.73 Å². The summed E-state index contributed by atoms with van der Waals surface area (Å²) in [6, 6.07) is 4.09. The Kier molecular flexibility index (Phi) is 4.90. The van der Waals surface area contributed by atoms with Gasteiger partial charge in [0.25, 0.3) is 0 Å². The van der Waals surface area contributed by atoms with E-state index in [-0.39, 0.29) is 18.2 Å². The van der Waals surface area contributed by atoms with Crippen molar-refractivity contribution in [2.24, 2.45) is 5.73 Å². The van der Waals surface area contributed by atoms with E-state index in [2.05, 4.69) is 0 Å². The summed E-state index contributed by atoms with van der Waals surface area (Å²) in [5.41, 5.74) is 6.22. The first kappa shape index (κ1) is 13.1. The van der Waals surface area contributed by atoms with E-state index < -0.39 is 5.82 Å². The third kappa shape index (κ3) is 4.29. The quantitative estimate of drug-likeness (QED) is 0.864. The molecule has 88 valence electrons. The second kappa shape index (κ2) is 5.97. The van der Waals surface area contributed by atoms with Crippen molar-refractivity contribution in [3.63, 3.8) is 0 Å². The average molecular weight is 244 g/mol. The smallest absolute Gasteiger partial charge is 0.137 e. The van der Waals surface area contributed by atoms with E-state index in [1.54, 1.807) is 6.07 Å². The molecule has 1 aromatic carbocycles. The van der Waals surface area contributed by atoms with Crippen LogP contribution in [0.25, 0.3) is 0 Å². The number of nitrogens with two attached hydrogens (primary N) is 1. The van der Waals surface area contributed by atoms with Crippen molar-refractivity contribution in [3.8, 4) is 0 Å². The molecule has 2 N–H and O–H groups in total. The maximum Gasteiger partial charge on any atom is 0.137 e. The molecule has 4 heteroatoms. The van der Waals surface area contributed by atoms with Crippen molar-refractivity contribution in [1.82, 2.24) is 0 Å². The molecule has 0 amide bonds. The Bertz CT molecular complexity index is 379. The summed E-state index contributed by atoms with van der Waals surface area (Å²) in [6.07, 6.45) is 1.34. The van der Waals surface area contributed by atoms with Gasteiger partial charge in [0, 0.05) is 23.9 Å². The van der Waals surface area contributed by atoms with E-state index in [0.717, 1.165) is 0 Å². The predicted octanol–water partition coefficient (Wildman–Crippen LogP) is 2.72. The van der Waals surface area contributed by atoms with Crippen LogP contribution in [0.3, 0.4) is 0 Å². The molecule has 0 aliphatic carbocycles. The van der Waals surface area contributed by atoms with Crippen molar-refractivity contribution in [3.05, 3.63) is 34.6 Å². The molecule has 16 heavy (non-hydrogen) atoms. The summed E-state index contributed by atoms with van der Waals surface area (Å²) in [7, 11) is 0. The molecule has 0 spiro atoms. The zero-order chi connectivity index (χ0) is 12.1. The van der Waals surface area contributed by atoms with Crippen molar-refractivity contribution < 1.29 is 9.18 Å². The Balaban J connectivity index is 2.56. The number of Topliss-reactive ketones (excluding diaryl/α,β-unsaturated/α-hetero) is 1. The Morgan fingerprint density at radius 3 is 2.81 bits per heavy atom. The lowest BCUT2D eigenvalue weighted by molar-refractivity contribution is -0.118. The summed E-state index contributed by atoms with van der Waals surface area (Å²) in [4.78, 5) is 11.5. The van der Waals surface area contributed by atoms with Crippen LogP contribution in [0.5, 0.6) is 0 Å². The minimum Gasteiger partial charge on any atom is -0.328 e. The lowest BCUT2D eigenvalue weighted by Crippen LogP contribution is -2.17. The fourth-order valence-electron chi connectivity index (χ4n) is 1.35.